The molecule has 7 heteroatoms. The Kier molecular flexibility index (Phi) is 4.97. The van der Waals surface area contributed by atoms with E-state index in [2.05, 4.69) is 37.5 Å². The Balaban J connectivity index is 2.34. The van der Waals surface area contributed by atoms with Gasteiger partial charge in [-0.2, -0.15) is 13.2 Å². The first-order valence-electron chi connectivity index (χ1n) is 9.17. The zero-order valence-electron chi connectivity index (χ0n) is 17.4. The second-order valence-electron chi connectivity index (χ2n) is 8.20. The smallest absolute Gasteiger partial charge is 0.416 e. The minimum atomic E-state index is -4.44. The molecule has 0 radical (unpaired) electrons. The molecule has 0 bridgehead atoms. The van der Waals surface area contributed by atoms with E-state index in [4.69, 9.17) is 4.74 Å². The van der Waals surface area contributed by atoms with E-state index in [-0.39, 0.29) is 10.9 Å². The summed E-state index contributed by atoms with van der Waals surface area (Å²) in [7, 11) is 1.55. The molecule has 0 saturated carbocycles. The van der Waals surface area contributed by atoms with Crippen molar-refractivity contribution in [1.29, 1.82) is 0 Å². The molecule has 0 fully saturated rings. The van der Waals surface area contributed by atoms with Crippen LogP contribution in [-0.2, 0) is 11.6 Å². The minimum absolute atomic E-state index is 0.166. The van der Waals surface area contributed by atoms with Crippen LogP contribution >= 0.6 is 0 Å². The third-order valence-corrected chi connectivity index (χ3v) is 4.89. The number of alkyl halides is 3. The van der Waals surface area contributed by atoms with Crippen LogP contribution in [0, 0.1) is 6.92 Å². The van der Waals surface area contributed by atoms with Crippen molar-refractivity contribution in [3.8, 4) is 11.4 Å². The number of benzene rings is 2. The Morgan fingerprint density at radius 3 is 2.21 bits per heavy atom. The van der Waals surface area contributed by atoms with Crippen molar-refractivity contribution >= 4 is 16.6 Å². The minimum Gasteiger partial charge on any atom is -0.494 e. The number of fused-ring (bicyclic) bond motifs is 1. The predicted molar refractivity (Wildman–Crippen MR) is 109 cm³/mol. The van der Waals surface area contributed by atoms with Crippen LogP contribution in [0.15, 0.2) is 30.8 Å². The van der Waals surface area contributed by atoms with Crippen molar-refractivity contribution in [2.24, 2.45) is 0 Å². The Bertz CT molecular complexity index is 1110. The fourth-order valence-electron chi connectivity index (χ4n) is 3.48. The van der Waals surface area contributed by atoms with Gasteiger partial charge < -0.3 is 4.74 Å². The van der Waals surface area contributed by atoms with E-state index in [9.17, 15) is 13.2 Å². The molecule has 4 nitrogen and oxygen atoms in total. The second kappa shape index (κ2) is 6.90. The van der Waals surface area contributed by atoms with E-state index in [0.717, 1.165) is 34.4 Å². The lowest BCUT2D eigenvalue weighted by Gasteiger charge is -2.26. The summed E-state index contributed by atoms with van der Waals surface area (Å²) in [5.41, 5.74) is 3.79. The highest BCUT2D eigenvalue weighted by Gasteiger charge is 2.31. The monoisotopic (exact) mass is 403 g/mol. The average Bonchev–Trinajstić information content (AvgIpc) is 3.01. The summed E-state index contributed by atoms with van der Waals surface area (Å²) < 4.78 is 44.9. The van der Waals surface area contributed by atoms with Crippen molar-refractivity contribution in [2.75, 3.05) is 7.11 Å². The van der Waals surface area contributed by atoms with Gasteiger partial charge in [0.1, 0.15) is 16.7 Å². The Hall–Kier alpha value is -2.83. The molecule has 0 aliphatic heterocycles. The first kappa shape index (κ1) is 20.9. The summed E-state index contributed by atoms with van der Waals surface area (Å²) in [6, 6.07) is 5.39. The molecule has 3 rings (SSSR count). The van der Waals surface area contributed by atoms with Crippen LogP contribution in [-0.4, -0.2) is 22.1 Å². The van der Waals surface area contributed by atoms with Crippen LogP contribution in [0.1, 0.15) is 49.9 Å². The summed E-state index contributed by atoms with van der Waals surface area (Å²) in [5.74, 6) is 0.541. The molecule has 0 saturated heterocycles. The average molecular weight is 403 g/mol. The molecule has 0 aliphatic carbocycles. The topological polar surface area (TPSA) is 39.9 Å². The van der Waals surface area contributed by atoms with Gasteiger partial charge >= 0.3 is 6.18 Å². The standard InChI is InChI=1S/C22H24F3N3O/c1-12(2)15-11-16(21(4,5)6)13(3)19(20(15)29-7)28-26-17-9-8-14(22(23,24)25)10-18(17)27-28/h8-11H,1H2,2-7H3. The Labute approximate surface area is 168 Å². The first-order chi connectivity index (χ1) is 13.3. The number of methoxy groups -OCH3 is 1. The molecule has 1 heterocycles. The number of nitrogens with zero attached hydrogens (tertiary/aromatic N) is 3. The molecule has 0 atom stereocenters. The highest BCUT2D eigenvalue weighted by atomic mass is 19.4. The lowest BCUT2D eigenvalue weighted by molar-refractivity contribution is -0.137. The van der Waals surface area contributed by atoms with E-state index >= 15 is 0 Å². The summed E-state index contributed by atoms with van der Waals surface area (Å²) >= 11 is 0. The zero-order valence-corrected chi connectivity index (χ0v) is 17.4. The molecule has 0 unspecified atom stereocenters. The number of rotatable bonds is 3. The van der Waals surface area contributed by atoms with Crippen LogP contribution in [0.25, 0.3) is 22.3 Å². The van der Waals surface area contributed by atoms with E-state index in [0.29, 0.717) is 17.0 Å². The lowest BCUT2D eigenvalue weighted by atomic mass is 9.81. The maximum absolute atomic E-state index is 13.1. The number of aromatic nitrogens is 3. The highest BCUT2D eigenvalue weighted by Crippen LogP contribution is 2.40. The largest absolute Gasteiger partial charge is 0.494 e. The van der Waals surface area contributed by atoms with E-state index < -0.39 is 11.7 Å². The summed E-state index contributed by atoms with van der Waals surface area (Å²) in [6.07, 6.45) is -4.44. The third-order valence-electron chi connectivity index (χ3n) is 4.89. The fourth-order valence-corrected chi connectivity index (χ4v) is 3.48. The molecule has 3 aromatic rings. The lowest BCUT2D eigenvalue weighted by Crippen LogP contribution is -2.17. The van der Waals surface area contributed by atoms with Crippen LogP contribution in [0.2, 0.25) is 0 Å². The van der Waals surface area contributed by atoms with E-state index in [1.165, 1.54) is 10.9 Å². The van der Waals surface area contributed by atoms with Crippen molar-refractivity contribution < 1.29 is 17.9 Å². The van der Waals surface area contributed by atoms with Gasteiger partial charge in [0.25, 0.3) is 0 Å². The molecule has 0 spiro atoms. The molecular formula is C22H24F3N3O. The molecule has 0 amide bonds. The number of hydrogen-bond acceptors (Lipinski definition) is 3. The third kappa shape index (κ3) is 3.73. The second-order valence-corrected chi connectivity index (χ2v) is 8.20. The van der Waals surface area contributed by atoms with Crippen LogP contribution < -0.4 is 4.74 Å². The first-order valence-corrected chi connectivity index (χ1v) is 9.17. The molecule has 154 valence electrons. The molecular weight excluding hydrogens is 379 g/mol. The van der Waals surface area contributed by atoms with E-state index in [1.807, 2.05) is 19.9 Å². The van der Waals surface area contributed by atoms with E-state index in [1.54, 1.807) is 7.11 Å². The molecule has 0 N–H and O–H groups in total. The van der Waals surface area contributed by atoms with Crippen molar-refractivity contribution in [2.45, 2.75) is 46.2 Å². The SMILES string of the molecule is C=C(C)c1cc(C(C)(C)C)c(C)c(-n2nc3ccc(C(F)(F)F)cc3n2)c1OC. The van der Waals surface area contributed by atoms with Crippen molar-refractivity contribution in [1.82, 2.24) is 15.0 Å². The van der Waals surface area contributed by atoms with Crippen molar-refractivity contribution in [3.05, 3.63) is 53.1 Å². The van der Waals surface area contributed by atoms with Crippen LogP contribution in [0.3, 0.4) is 0 Å². The Morgan fingerprint density at radius 1 is 1.07 bits per heavy atom. The van der Waals surface area contributed by atoms with Gasteiger partial charge in [-0.1, -0.05) is 27.4 Å². The van der Waals surface area contributed by atoms with Gasteiger partial charge in [0.15, 0.2) is 5.75 Å². The van der Waals surface area contributed by atoms with Gasteiger partial charge in [-0.15, -0.1) is 15.0 Å². The number of halogens is 3. The molecule has 29 heavy (non-hydrogen) atoms. The Morgan fingerprint density at radius 2 is 1.69 bits per heavy atom. The summed E-state index contributed by atoms with van der Waals surface area (Å²) in [6.45, 7) is 14.2. The molecule has 0 aliphatic rings. The van der Waals surface area contributed by atoms with Gasteiger partial charge in [0, 0.05) is 5.56 Å². The molecule has 2 aromatic carbocycles. The van der Waals surface area contributed by atoms with Gasteiger partial charge in [-0.25, -0.2) is 0 Å². The number of allylic oxidation sites excluding steroid dienone is 1. The maximum atomic E-state index is 13.1. The zero-order chi connectivity index (χ0) is 21.7. The number of ether oxygens (including phenoxy) is 1. The quantitative estimate of drug-likeness (QED) is 0.531. The van der Waals surface area contributed by atoms with Gasteiger partial charge in [0.2, 0.25) is 0 Å². The van der Waals surface area contributed by atoms with Gasteiger partial charge in [0.05, 0.1) is 12.7 Å². The molecule has 1 aromatic heterocycles. The normalized spacial score (nSPS) is 12.4. The number of hydrogen-bond donors (Lipinski definition) is 0. The maximum Gasteiger partial charge on any atom is 0.416 e. The highest BCUT2D eigenvalue weighted by molar-refractivity contribution is 5.78. The van der Waals surface area contributed by atoms with Gasteiger partial charge in [-0.05, 0) is 60.2 Å². The fraction of sp³-hybridized carbons (Fsp3) is 0.364. The van der Waals surface area contributed by atoms with Crippen LogP contribution in [0.5, 0.6) is 5.75 Å². The van der Waals surface area contributed by atoms with Crippen molar-refractivity contribution in [3.63, 3.8) is 0 Å². The predicted octanol–water partition coefficient (Wildman–Crippen LogP) is 6.09. The summed E-state index contributed by atoms with van der Waals surface area (Å²) in [4.78, 5) is 1.36. The van der Waals surface area contributed by atoms with Crippen LogP contribution in [0.4, 0.5) is 13.2 Å². The van der Waals surface area contributed by atoms with Gasteiger partial charge in [-0.3, -0.25) is 0 Å². The summed E-state index contributed by atoms with van der Waals surface area (Å²) in [5, 5.41) is 8.77.